The molecule has 1 amide bonds. The molecule has 8 heteroatoms. The predicted molar refractivity (Wildman–Crippen MR) is 132 cm³/mol. The number of Topliss-reactive ketones (excluding diaryl/α,β-unsaturated/α-hetero) is 1. The van der Waals surface area contributed by atoms with E-state index >= 15 is 0 Å². The molecule has 1 aliphatic rings. The molecular weight excluding hydrogens is 477 g/mol. The summed E-state index contributed by atoms with van der Waals surface area (Å²) >= 11 is 12.3. The normalized spacial score (nSPS) is 17.2. The molecule has 174 valence electrons. The first-order valence-corrected chi connectivity index (χ1v) is 11.1. The highest BCUT2D eigenvalue weighted by atomic mass is 35.5. The van der Waals surface area contributed by atoms with Gasteiger partial charge in [0, 0.05) is 21.3 Å². The fraction of sp³-hybridized carbons (Fsp3) is 0.154. The van der Waals surface area contributed by atoms with Crippen molar-refractivity contribution in [3.8, 4) is 11.5 Å². The number of amides is 1. The van der Waals surface area contributed by atoms with Crippen LogP contribution < -0.4 is 14.4 Å². The zero-order valence-electron chi connectivity index (χ0n) is 18.6. The van der Waals surface area contributed by atoms with Gasteiger partial charge in [-0.05, 0) is 66.6 Å². The average molecular weight is 498 g/mol. The van der Waals surface area contributed by atoms with Gasteiger partial charge in [-0.2, -0.15) is 0 Å². The lowest BCUT2D eigenvalue weighted by Crippen LogP contribution is -2.29. The minimum atomic E-state index is -0.936. The van der Waals surface area contributed by atoms with E-state index in [1.807, 2.05) is 6.92 Å². The van der Waals surface area contributed by atoms with Crippen LogP contribution in [-0.2, 0) is 9.59 Å². The fourth-order valence-electron chi connectivity index (χ4n) is 3.93. The van der Waals surface area contributed by atoms with E-state index in [0.29, 0.717) is 38.4 Å². The van der Waals surface area contributed by atoms with E-state index < -0.39 is 17.7 Å². The van der Waals surface area contributed by atoms with Gasteiger partial charge in [0.25, 0.3) is 11.7 Å². The molecule has 4 rings (SSSR count). The number of carbonyl (C=O) groups excluding carboxylic acids is 2. The van der Waals surface area contributed by atoms with Gasteiger partial charge >= 0.3 is 0 Å². The van der Waals surface area contributed by atoms with Crippen LogP contribution in [0.4, 0.5) is 5.69 Å². The summed E-state index contributed by atoms with van der Waals surface area (Å²) in [6.45, 7) is 1.84. The first-order chi connectivity index (χ1) is 16.3. The Morgan fingerprint density at radius 1 is 0.912 bits per heavy atom. The van der Waals surface area contributed by atoms with Crippen molar-refractivity contribution in [1.29, 1.82) is 0 Å². The Morgan fingerprint density at radius 3 is 2.21 bits per heavy atom. The molecule has 3 aromatic rings. The van der Waals surface area contributed by atoms with Crippen molar-refractivity contribution < 1.29 is 24.2 Å². The Hall–Kier alpha value is -3.48. The topological polar surface area (TPSA) is 76.1 Å². The molecule has 6 nitrogen and oxygen atoms in total. The third-order valence-electron chi connectivity index (χ3n) is 5.72. The summed E-state index contributed by atoms with van der Waals surface area (Å²) in [4.78, 5) is 27.9. The van der Waals surface area contributed by atoms with E-state index in [1.54, 1.807) is 60.7 Å². The van der Waals surface area contributed by atoms with Crippen LogP contribution in [0.1, 0.15) is 22.7 Å². The second kappa shape index (κ2) is 9.41. The Labute approximate surface area is 206 Å². The number of aliphatic hydroxyl groups is 1. The SMILES string of the molecule is COc1ccc(C2C(=C(O)c3ccc(Cl)cc3)C(=O)C(=O)N2c2ccc(C)c(Cl)c2)cc1OC. The smallest absolute Gasteiger partial charge is 0.300 e. The number of rotatable bonds is 5. The summed E-state index contributed by atoms with van der Waals surface area (Å²) in [7, 11) is 3.00. The van der Waals surface area contributed by atoms with Crippen molar-refractivity contribution in [1.82, 2.24) is 0 Å². The van der Waals surface area contributed by atoms with E-state index in [1.165, 1.54) is 19.1 Å². The number of nitrogens with zero attached hydrogens (tertiary/aromatic N) is 1. The predicted octanol–water partition coefficient (Wildman–Crippen LogP) is 5.95. The number of carbonyl (C=O) groups is 2. The van der Waals surface area contributed by atoms with Crippen LogP contribution >= 0.6 is 23.2 Å². The molecule has 1 heterocycles. The second-order valence-corrected chi connectivity index (χ2v) is 8.57. The molecule has 0 spiro atoms. The highest BCUT2D eigenvalue weighted by Crippen LogP contribution is 2.44. The number of aryl methyl sites for hydroxylation is 1. The number of hydrogen-bond donors (Lipinski definition) is 1. The van der Waals surface area contributed by atoms with Crippen LogP contribution in [0, 0.1) is 6.92 Å². The Balaban J connectivity index is 1.97. The van der Waals surface area contributed by atoms with Crippen LogP contribution in [0.2, 0.25) is 10.0 Å². The second-order valence-electron chi connectivity index (χ2n) is 7.72. The van der Waals surface area contributed by atoms with Crippen molar-refractivity contribution in [2.24, 2.45) is 0 Å². The number of hydrogen-bond acceptors (Lipinski definition) is 5. The minimum absolute atomic E-state index is 0.0590. The number of aliphatic hydroxyl groups excluding tert-OH is 1. The first kappa shape index (κ1) is 23.7. The highest BCUT2D eigenvalue weighted by Gasteiger charge is 2.47. The van der Waals surface area contributed by atoms with Gasteiger partial charge in [0.05, 0.1) is 25.8 Å². The molecule has 1 saturated heterocycles. The molecule has 3 aromatic carbocycles. The standard InChI is InChI=1S/C26H21Cl2NO5/c1-14-4-10-18(13-19(14)28)29-23(16-7-11-20(33-2)21(12-16)34-3)22(25(31)26(29)32)24(30)15-5-8-17(27)9-6-15/h4-13,23,30H,1-3H3. The third-order valence-corrected chi connectivity index (χ3v) is 6.38. The van der Waals surface area contributed by atoms with Gasteiger partial charge in [-0.3, -0.25) is 14.5 Å². The fourth-order valence-corrected chi connectivity index (χ4v) is 4.23. The molecule has 0 aliphatic carbocycles. The molecule has 0 aromatic heterocycles. The summed E-state index contributed by atoms with van der Waals surface area (Å²) in [5, 5.41) is 12.1. The zero-order chi connectivity index (χ0) is 24.6. The number of ketones is 1. The summed E-state index contributed by atoms with van der Waals surface area (Å²) in [6, 6.07) is 15.6. The summed E-state index contributed by atoms with van der Waals surface area (Å²) < 4.78 is 10.8. The highest BCUT2D eigenvalue weighted by molar-refractivity contribution is 6.51. The van der Waals surface area contributed by atoms with Crippen molar-refractivity contribution in [2.45, 2.75) is 13.0 Å². The van der Waals surface area contributed by atoms with Gasteiger partial charge in [0.15, 0.2) is 11.5 Å². The molecule has 0 bridgehead atoms. The lowest BCUT2D eigenvalue weighted by molar-refractivity contribution is -0.132. The van der Waals surface area contributed by atoms with Gasteiger partial charge < -0.3 is 14.6 Å². The maximum Gasteiger partial charge on any atom is 0.300 e. The van der Waals surface area contributed by atoms with E-state index in [2.05, 4.69) is 0 Å². The van der Waals surface area contributed by atoms with Crippen molar-refractivity contribution in [2.75, 3.05) is 19.1 Å². The minimum Gasteiger partial charge on any atom is -0.507 e. The largest absolute Gasteiger partial charge is 0.507 e. The lowest BCUT2D eigenvalue weighted by atomic mass is 9.94. The maximum absolute atomic E-state index is 13.3. The van der Waals surface area contributed by atoms with Crippen LogP contribution in [0.15, 0.2) is 66.2 Å². The van der Waals surface area contributed by atoms with Crippen LogP contribution in [0.25, 0.3) is 5.76 Å². The third kappa shape index (κ3) is 4.11. The van der Waals surface area contributed by atoms with Gasteiger partial charge in [0.2, 0.25) is 0 Å². The molecule has 0 saturated carbocycles. The molecule has 34 heavy (non-hydrogen) atoms. The maximum atomic E-state index is 13.3. The van der Waals surface area contributed by atoms with Crippen LogP contribution in [0.5, 0.6) is 11.5 Å². The molecule has 1 unspecified atom stereocenters. The zero-order valence-corrected chi connectivity index (χ0v) is 20.1. The summed E-state index contributed by atoms with van der Waals surface area (Å²) in [6.07, 6.45) is 0. The quantitative estimate of drug-likeness (QED) is 0.268. The van der Waals surface area contributed by atoms with Gasteiger partial charge in [-0.25, -0.2) is 0 Å². The van der Waals surface area contributed by atoms with E-state index in [4.69, 9.17) is 32.7 Å². The van der Waals surface area contributed by atoms with Crippen molar-refractivity contribution in [3.05, 3.63) is 93.0 Å². The molecular formula is C26H21Cl2NO5. The Morgan fingerprint density at radius 2 is 1.59 bits per heavy atom. The number of ether oxygens (including phenoxy) is 2. The molecule has 1 fully saturated rings. The van der Waals surface area contributed by atoms with E-state index in [9.17, 15) is 14.7 Å². The summed E-state index contributed by atoms with van der Waals surface area (Å²) in [5.74, 6) is -1.01. The number of methoxy groups -OCH3 is 2. The first-order valence-electron chi connectivity index (χ1n) is 10.3. The number of anilines is 1. The van der Waals surface area contributed by atoms with Crippen LogP contribution in [0.3, 0.4) is 0 Å². The Bertz CT molecular complexity index is 1320. The van der Waals surface area contributed by atoms with E-state index in [-0.39, 0.29) is 11.3 Å². The monoisotopic (exact) mass is 497 g/mol. The number of benzene rings is 3. The lowest BCUT2D eigenvalue weighted by Gasteiger charge is -2.26. The van der Waals surface area contributed by atoms with Gasteiger partial charge in [-0.1, -0.05) is 35.3 Å². The van der Waals surface area contributed by atoms with E-state index in [0.717, 1.165) is 5.56 Å². The average Bonchev–Trinajstić information content (AvgIpc) is 3.10. The van der Waals surface area contributed by atoms with Gasteiger partial charge in [0.1, 0.15) is 5.76 Å². The molecule has 1 aliphatic heterocycles. The van der Waals surface area contributed by atoms with Crippen molar-refractivity contribution >= 4 is 46.3 Å². The van der Waals surface area contributed by atoms with Crippen LogP contribution in [-0.4, -0.2) is 31.0 Å². The molecule has 1 atom stereocenters. The molecule has 0 radical (unpaired) electrons. The Kier molecular flexibility index (Phi) is 6.55. The van der Waals surface area contributed by atoms with Gasteiger partial charge in [-0.15, -0.1) is 0 Å². The number of halogens is 2. The van der Waals surface area contributed by atoms with Crippen molar-refractivity contribution in [3.63, 3.8) is 0 Å². The molecule has 1 N–H and O–H groups in total. The summed E-state index contributed by atoms with van der Waals surface area (Å²) in [5.41, 5.74) is 2.09.